The quantitative estimate of drug-likeness (QED) is 0.903. The van der Waals surface area contributed by atoms with Crippen LogP contribution in [0.3, 0.4) is 0 Å². The molecular formula is C14H16FN3. The molecule has 2 heterocycles. The van der Waals surface area contributed by atoms with Crippen LogP contribution >= 0.6 is 0 Å². The van der Waals surface area contributed by atoms with Crippen molar-refractivity contribution in [1.82, 2.24) is 15.3 Å². The molecule has 0 radical (unpaired) electrons. The number of nitrogens with one attached hydrogen (secondary N) is 1. The van der Waals surface area contributed by atoms with Crippen molar-refractivity contribution in [2.24, 2.45) is 0 Å². The minimum atomic E-state index is -0.321. The van der Waals surface area contributed by atoms with Crippen LogP contribution in [0.25, 0.3) is 0 Å². The summed E-state index contributed by atoms with van der Waals surface area (Å²) >= 11 is 0. The molecular weight excluding hydrogens is 229 g/mol. The molecule has 0 spiro atoms. The molecule has 2 aromatic heterocycles. The van der Waals surface area contributed by atoms with Crippen LogP contribution in [0.4, 0.5) is 4.39 Å². The first-order chi connectivity index (χ1) is 8.63. The summed E-state index contributed by atoms with van der Waals surface area (Å²) < 4.78 is 13.8. The summed E-state index contributed by atoms with van der Waals surface area (Å²) in [5, 5.41) is 3.11. The van der Waals surface area contributed by atoms with Gasteiger partial charge in [-0.05, 0) is 38.1 Å². The Hall–Kier alpha value is -1.81. The molecule has 2 aromatic rings. The van der Waals surface area contributed by atoms with E-state index in [2.05, 4.69) is 15.3 Å². The van der Waals surface area contributed by atoms with E-state index in [4.69, 9.17) is 0 Å². The molecule has 0 aromatic carbocycles. The lowest BCUT2D eigenvalue weighted by Gasteiger charge is -2.18. The molecule has 1 N–H and O–H groups in total. The van der Waals surface area contributed by atoms with Crippen molar-refractivity contribution < 1.29 is 4.39 Å². The molecule has 0 bridgehead atoms. The first-order valence-electron chi connectivity index (χ1n) is 5.83. The van der Waals surface area contributed by atoms with Crippen LogP contribution in [0.15, 0.2) is 30.7 Å². The zero-order valence-electron chi connectivity index (χ0n) is 10.7. The molecule has 2 rings (SSSR count). The third-order valence-electron chi connectivity index (χ3n) is 2.93. The van der Waals surface area contributed by atoms with Gasteiger partial charge in [0.05, 0.1) is 17.9 Å². The number of nitrogens with zero attached hydrogens (tertiary/aromatic N) is 2. The third-order valence-corrected chi connectivity index (χ3v) is 2.93. The zero-order chi connectivity index (χ0) is 13.1. The smallest absolute Gasteiger partial charge is 0.146 e. The number of aryl methyl sites for hydroxylation is 2. The lowest BCUT2D eigenvalue weighted by molar-refractivity contribution is 0.564. The van der Waals surface area contributed by atoms with Crippen LogP contribution in [0.5, 0.6) is 0 Å². The molecule has 0 fully saturated rings. The van der Waals surface area contributed by atoms with Crippen molar-refractivity contribution in [1.29, 1.82) is 0 Å². The highest BCUT2D eigenvalue weighted by Crippen LogP contribution is 2.24. The second kappa shape index (κ2) is 5.23. The van der Waals surface area contributed by atoms with E-state index in [1.165, 1.54) is 6.20 Å². The zero-order valence-corrected chi connectivity index (χ0v) is 10.7. The van der Waals surface area contributed by atoms with Gasteiger partial charge in [-0.2, -0.15) is 0 Å². The first kappa shape index (κ1) is 12.6. The molecule has 18 heavy (non-hydrogen) atoms. The van der Waals surface area contributed by atoms with E-state index in [1.807, 2.05) is 19.9 Å². The Bertz CT molecular complexity index is 554. The average Bonchev–Trinajstić information content (AvgIpc) is 2.34. The predicted octanol–water partition coefficient (Wildman–Crippen LogP) is 2.54. The monoisotopic (exact) mass is 245 g/mol. The van der Waals surface area contributed by atoms with Crippen molar-refractivity contribution >= 4 is 0 Å². The van der Waals surface area contributed by atoms with Crippen LogP contribution in [0.1, 0.15) is 28.4 Å². The second-order valence-corrected chi connectivity index (χ2v) is 4.33. The van der Waals surface area contributed by atoms with Gasteiger partial charge in [0.15, 0.2) is 0 Å². The molecule has 3 nitrogen and oxygen atoms in total. The number of hydrogen-bond donors (Lipinski definition) is 1. The summed E-state index contributed by atoms with van der Waals surface area (Å²) in [5.74, 6) is -0.321. The van der Waals surface area contributed by atoms with Crippen LogP contribution in [0.2, 0.25) is 0 Å². The van der Waals surface area contributed by atoms with Gasteiger partial charge in [-0.1, -0.05) is 6.07 Å². The fourth-order valence-corrected chi connectivity index (χ4v) is 2.09. The van der Waals surface area contributed by atoms with E-state index in [0.717, 1.165) is 16.8 Å². The van der Waals surface area contributed by atoms with Crippen LogP contribution in [-0.2, 0) is 0 Å². The van der Waals surface area contributed by atoms with E-state index in [1.54, 1.807) is 25.5 Å². The van der Waals surface area contributed by atoms with Crippen LogP contribution in [0, 0.1) is 19.7 Å². The fourth-order valence-electron chi connectivity index (χ4n) is 2.09. The molecule has 0 aliphatic rings. The van der Waals surface area contributed by atoms with Gasteiger partial charge in [-0.3, -0.25) is 9.97 Å². The topological polar surface area (TPSA) is 37.8 Å². The molecule has 94 valence electrons. The number of rotatable bonds is 3. The molecule has 1 unspecified atom stereocenters. The van der Waals surface area contributed by atoms with Crippen molar-refractivity contribution in [2.75, 3.05) is 7.05 Å². The van der Waals surface area contributed by atoms with Gasteiger partial charge < -0.3 is 5.32 Å². The summed E-state index contributed by atoms with van der Waals surface area (Å²) in [7, 11) is 1.80. The largest absolute Gasteiger partial charge is 0.308 e. The lowest BCUT2D eigenvalue weighted by atomic mass is 10.00. The predicted molar refractivity (Wildman–Crippen MR) is 68.8 cm³/mol. The van der Waals surface area contributed by atoms with Crippen LogP contribution in [-0.4, -0.2) is 17.0 Å². The lowest BCUT2D eigenvalue weighted by Crippen LogP contribution is -2.21. The summed E-state index contributed by atoms with van der Waals surface area (Å²) in [6.45, 7) is 3.98. The standard InChI is InChI=1S/C14H16FN3/c1-9-6-10(2)13(18-7-9)14(16-3)11-4-5-17-8-12(11)15/h4-8,14,16H,1-3H3. The highest BCUT2D eigenvalue weighted by atomic mass is 19.1. The summed E-state index contributed by atoms with van der Waals surface area (Å²) in [6.07, 6.45) is 4.61. The number of pyridine rings is 2. The molecule has 0 aliphatic carbocycles. The van der Waals surface area contributed by atoms with Crippen molar-refractivity contribution in [3.8, 4) is 0 Å². The maximum atomic E-state index is 13.8. The van der Waals surface area contributed by atoms with Crippen LogP contribution < -0.4 is 5.32 Å². The maximum Gasteiger partial charge on any atom is 0.146 e. The Morgan fingerprint density at radius 1 is 1.28 bits per heavy atom. The Balaban J connectivity index is 2.49. The molecule has 4 heteroatoms. The highest BCUT2D eigenvalue weighted by Gasteiger charge is 2.19. The van der Waals surface area contributed by atoms with Gasteiger partial charge in [0, 0.05) is 18.0 Å². The number of halogens is 1. The first-order valence-corrected chi connectivity index (χ1v) is 5.83. The number of hydrogen-bond acceptors (Lipinski definition) is 3. The summed E-state index contributed by atoms with van der Waals surface area (Å²) in [6, 6.07) is 3.47. The van der Waals surface area contributed by atoms with Gasteiger partial charge in [-0.25, -0.2) is 4.39 Å². The Morgan fingerprint density at radius 2 is 2.06 bits per heavy atom. The van der Waals surface area contributed by atoms with Gasteiger partial charge in [0.2, 0.25) is 0 Å². The Kier molecular flexibility index (Phi) is 3.67. The minimum absolute atomic E-state index is 0.256. The highest BCUT2D eigenvalue weighted by molar-refractivity contribution is 5.33. The summed E-state index contributed by atoms with van der Waals surface area (Å²) in [4.78, 5) is 8.19. The van der Waals surface area contributed by atoms with E-state index < -0.39 is 0 Å². The second-order valence-electron chi connectivity index (χ2n) is 4.33. The van der Waals surface area contributed by atoms with E-state index >= 15 is 0 Å². The normalized spacial score (nSPS) is 12.4. The molecule has 0 aliphatic heterocycles. The average molecular weight is 245 g/mol. The van der Waals surface area contributed by atoms with Gasteiger partial charge in [-0.15, -0.1) is 0 Å². The van der Waals surface area contributed by atoms with E-state index in [9.17, 15) is 4.39 Å². The molecule has 1 atom stereocenters. The van der Waals surface area contributed by atoms with Crippen molar-refractivity contribution in [3.05, 3.63) is 58.9 Å². The minimum Gasteiger partial charge on any atom is -0.308 e. The van der Waals surface area contributed by atoms with Crippen molar-refractivity contribution in [2.45, 2.75) is 19.9 Å². The van der Waals surface area contributed by atoms with Gasteiger partial charge in [0.25, 0.3) is 0 Å². The van der Waals surface area contributed by atoms with Crippen molar-refractivity contribution in [3.63, 3.8) is 0 Å². The number of aromatic nitrogens is 2. The van der Waals surface area contributed by atoms with E-state index in [-0.39, 0.29) is 11.9 Å². The Morgan fingerprint density at radius 3 is 2.67 bits per heavy atom. The SMILES string of the molecule is CNC(c1ccncc1F)c1ncc(C)cc1C. The molecule has 0 saturated heterocycles. The van der Waals surface area contributed by atoms with Gasteiger partial charge >= 0.3 is 0 Å². The van der Waals surface area contributed by atoms with E-state index in [0.29, 0.717) is 5.56 Å². The summed E-state index contributed by atoms with van der Waals surface area (Å²) in [5.41, 5.74) is 3.55. The van der Waals surface area contributed by atoms with Gasteiger partial charge in [0.1, 0.15) is 5.82 Å². The molecule has 0 saturated carbocycles. The third kappa shape index (κ3) is 2.38. The molecule has 0 amide bonds. The Labute approximate surface area is 106 Å². The fraction of sp³-hybridized carbons (Fsp3) is 0.286. The maximum absolute atomic E-state index is 13.8.